The maximum absolute atomic E-state index is 12.3. The van der Waals surface area contributed by atoms with E-state index in [1.165, 1.54) is 11.3 Å². The molecule has 0 spiro atoms. The molecule has 1 aliphatic heterocycles. The van der Waals surface area contributed by atoms with Gasteiger partial charge in [-0.3, -0.25) is 19.7 Å². The first kappa shape index (κ1) is 20.5. The second-order valence-corrected chi connectivity index (χ2v) is 7.47. The number of carbonyl (C=O) groups is 4. The van der Waals surface area contributed by atoms with E-state index in [1.807, 2.05) is 11.4 Å². The molecule has 1 fully saturated rings. The van der Waals surface area contributed by atoms with Crippen molar-refractivity contribution in [1.29, 1.82) is 0 Å². The summed E-state index contributed by atoms with van der Waals surface area (Å²) >= 11 is 1.39. The van der Waals surface area contributed by atoms with Crippen molar-refractivity contribution in [2.45, 2.75) is 12.8 Å². The van der Waals surface area contributed by atoms with Gasteiger partial charge >= 0.3 is 12.0 Å². The molecule has 1 aliphatic rings. The van der Waals surface area contributed by atoms with Gasteiger partial charge in [-0.05, 0) is 36.4 Å². The van der Waals surface area contributed by atoms with E-state index in [2.05, 4.69) is 10.6 Å². The Bertz CT molecular complexity index is 862. The Morgan fingerprint density at radius 1 is 1.03 bits per heavy atom. The van der Waals surface area contributed by atoms with Crippen LogP contribution in [-0.4, -0.2) is 48.4 Å². The van der Waals surface area contributed by atoms with Crippen LogP contribution in [0.5, 0.6) is 0 Å². The zero-order valence-corrected chi connectivity index (χ0v) is 16.4. The van der Waals surface area contributed by atoms with Crippen LogP contribution in [0.3, 0.4) is 0 Å². The van der Waals surface area contributed by atoms with E-state index in [0.717, 1.165) is 0 Å². The van der Waals surface area contributed by atoms with E-state index >= 15 is 0 Å². The number of esters is 1. The Morgan fingerprint density at radius 3 is 2.41 bits per heavy atom. The highest BCUT2D eigenvalue weighted by molar-refractivity contribution is 7.12. The summed E-state index contributed by atoms with van der Waals surface area (Å²) in [6, 6.07) is 11.6. The molecule has 1 aromatic heterocycles. The van der Waals surface area contributed by atoms with Gasteiger partial charge in [0.2, 0.25) is 0 Å². The number of nitrogens with zero attached hydrogens (tertiary/aromatic N) is 1. The molecule has 4 amide bonds. The Morgan fingerprint density at radius 2 is 1.76 bits per heavy atom. The average molecular weight is 415 g/mol. The average Bonchev–Trinajstić information content (AvgIpc) is 3.27. The van der Waals surface area contributed by atoms with Crippen molar-refractivity contribution in [2.75, 3.05) is 25.0 Å². The first-order chi connectivity index (χ1) is 14.0. The number of benzene rings is 1. The van der Waals surface area contributed by atoms with Crippen molar-refractivity contribution in [3.8, 4) is 0 Å². The van der Waals surface area contributed by atoms with E-state index < -0.39 is 24.5 Å². The Labute approximate surface area is 171 Å². The predicted octanol–water partition coefficient (Wildman–Crippen LogP) is 2.49. The minimum Gasteiger partial charge on any atom is -0.455 e. The molecule has 0 bridgehead atoms. The minimum absolute atomic E-state index is 0.0318. The molecule has 0 saturated carbocycles. The Hall–Kier alpha value is -3.20. The number of hydrogen-bond donors (Lipinski definition) is 2. The number of para-hydroxylation sites is 1. The molecule has 8 nitrogen and oxygen atoms in total. The molecule has 29 heavy (non-hydrogen) atoms. The molecule has 3 rings (SSSR count). The van der Waals surface area contributed by atoms with Crippen LogP contribution in [0.4, 0.5) is 10.5 Å². The number of piperidine rings is 1. The van der Waals surface area contributed by atoms with Gasteiger partial charge in [-0.15, -0.1) is 11.3 Å². The fourth-order valence-corrected chi connectivity index (χ4v) is 3.67. The Kier molecular flexibility index (Phi) is 6.96. The van der Waals surface area contributed by atoms with E-state index in [0.29, 0.717) is 36.5 Å². The molecule has 0 radical (unpaired) electrons. The van der Waals surface area contributed by atoms with Gasteiger partial charge in [0.05, 0.1) is 10.8 Å². The summed E-state index contributed by atoms with van der Waals surface area (Å²) in [5.41, 5.74) is 0.540. The monoisotopic (exact) mass is 415 g/mol. The number of anilines is 1. The lowest BCUT2D eigenvalue weighted by molar-refractivity contribution is -0.153. The van der Waals surface area contributed by atoms with Crippen molar-refractivity contribution in [1.82, 2.24) is 10.2 Å². The molecule has 2 heterocycles. The van der Waals surface area contributed by atoms with Gasteiger partial charge in [-0.2, -0.15) is 0 Å². The van der Waals surface area contributed by atoms with Crippen LogP contribution in [0, 0.1) is 5.92 Å². The van der Waals surface area contributed by atoms with Gasteiger partial charge in [0, 0.05) is 18.8 Å². The summed E-state index contributed by atoms with van der Waals surface area (Å²) in [7, 11) is 0. The lowest BCUT2D eigenvalue weighted by Gasteiger charge is -2.30. The maximum Gasteiger partial charge on any atom is 0.325 e. The molecule has 0 unspecified atom stereocenters. The van der Waals surface area contributed by atoms with Gasteiger partial charge in [0.25, 0.3) is 11.8 Å². The van der Waals surface area contributed by atoms with Crippen LogP contribution in [0.15, 0.2) is 47.8 Å². The SMILES string of the molecule is O=C(COC(=O)C1CCN(C(=O)c2cccs2)CC1)NC(=O)Nc1ccccc1. The summed E-state index contributed by atoms with van der Waals surface area (Å²) in [5, 5.41) is 6.46. The fourth-order valence-electron chi connectivity index (χ4n) is 2.98. The zero-order valence-electron chi connectivity index (χ0n) is 15.6. The van der Waals surface area contributed by atoms with Gasteiger partial charge < -0.3 is 15.0 Å². The van der Waals surface area contributed by atoms with E-state index in [-0.39, 0.29) is 11.8 Å². The Balaban J connectivity index is 1.37. The third-order valence-electron chi connectivity index (χ3n) is 4.48. The van der Waals surface area contributed by atoms with Gasteiger partial charge in [-0.1, -0.05) is 24.3 Å². The normalized spacial score (nSPS) is 14.1. The van der Waals surface area contributed by atoms with Crippen LogP contribution in [0.1, 0.15) is 22.5 Å². The molecule has 0 atom stereocenters. The highest BCUT2D eigenvalue weighted by Crippen LogP contribution is 2.21. The fraction of sp³-hybridized carbons (Fsp3) is 0.300. The molecule has 152 valence electrons. The molecule has 2 N–H and O–H groups in total. The second kappa shape index (κ2) is 9.83. The van der Waals surface area contributed by atoms with Gasteiger partial charge in [-0.25, -0.2) is 4.79 Å². The first-order valence-corrected chi connectivity index (χ1v) is 10.1. The predicted molar refractivity (Wildman–Crippen MR) is 108 cm³/mol. The molecule has 1 saturated heterocycles. The zero-order chi connectivity index (χ0) is 20.6. The third-order valence-corrected chi connectivity index (χ3v) is 5.34. The number of hydrogen-bond acceptors (Lipinski definition) is 6. The van der Waals surface area contributed by atoms with Crippen LogP contribution in [-0.2, 0) is 14.3 Å². The molecular formula is C20H21N3O5S. The van der Waals surface area contributed by atoms with Gasteiger partial charge in [0.1, 0.15) is 0 Å². The summed E-state index contributed by atoms with van der Waals surface area (Å²) in [6.45, 7) is 0.389. The van der Waals surface area contributed by atoms with Crippen LogP contribution >= 0.6 is 11.3 Å². The number of thiophene rings is 1. The lowest BCUT2D eigenvalue weighted by Crippen LogP contribution is -2.41. The van der Waals surface area contributed by atoms with Crippen LogP contribution < -0.4 is 10.6 Å². The maximum atomic E-state index is 12.3. The molecular weight excluding hydrogens is 394 g/mol. The number of likely N-dealkylation sites (tertiary alicyclic amines) is 1. The summed E-state index contributed by atoms with van der Waals surface area (Å²) in [6.07, 6.45) is 0.956. The second-order valence-electron chi connectivity index (χ2n) is 6.52. The van der Waals surface area contributed by atoms with Gasteiger partial charge in [0.15, 0.2) is 6.61 Å². The first-order valence-electron chi connectivity index (χ1n) is 9.18. The number of rotatable bonds is 5. The third kappa shape index (κ3) is 5.89. The number of imide groups is 1. The smallest absolute Gasteiger partial charge is 0.325 e. The number of nitrogens with one attached hydrogen (secondary N) is 2. The quantitative estimate of drug-likeness (QED) is 0.730. The van der Waals surface area contributed by atoms with Crippen LogP contribution in [0.2, 0.25) is 0 Å². The minimum atomic E-state index is -0.711. The number of ether oxygens (including phenoxy) is 1. The summed E-state index contributed by atoms with van der Waals surface area (Å²) in [4.78, 5) is 50.4. The molecule has 2 aromatic rings. The lowest BCUT2D eigenvalue weighted by atomic mass is 9.97. The number of amides is 4. The highest BCUT2D eigenvalue weighted by atomic mass is 32.1. The van der Waals surface area contributed by atoms with Crippen LogP contribution in [0.25, 0.3) is 0 Å². The summed E-state index contributed by atoms with van der Waals surface area (Å²) < 4.78 is 5.03. The standard InChI is InChI=1S/C20H21N3O5S/c24-17(22-20(27)21-15-5-2-1-3-6-15)13-28-19(26)14-8-10-23(11-9-14)18(25)16-7-4-12-29-16/h1-7,12,14H,8-11,13H2,(H2,21,22,24,27). The van der Waals surface area contributed by atoms with E-state index in [4.69, 9.17) is 4.74 Å². The van der Waals surface area contributed by atoms with Crippen molar-refractivity contribution < 1.29 is 23.9 Å². The van der Waals surface area contributed by atoms with E-state index in [1.54, 1.807) is 41.3 Å². The topological polar surface area (TPSA) is 105 Å². The number of carbonyl (C=O) groups excluding carboxylic acids is 4. The molecule has 0 aliphatic carbocycles. The molecule has 1 aromatic carbocycles. The van der Waals surface area contributed by atoms with Crippen molar-refractivity contribution in [2.24, 2.45) is 5.92 Å². The van der Waals surface area contributed by atoms with Crippen molar-refractivity contribution in [3.05, 3.63) is 52.7 Å². The van der Waals surface area contributed by atoms with E-state index in [9.17, 15) is 19.2 Å². The largest absolute Gasteiger partial charge is 0.455 e. The van der Waals surface area contributed by atoms with Crippen molar-refractivity contribution in [3.63, 3.8) is 0 Å². The highest BCUT2D eigenvalue weighted by Gasteiger charge is 2.29. The van der Waals surface area contributed by atoms with Crippen molar-refractivity contribution >= 4 is 40.8 Å². The summed E-state index contributed by atoms with van der Waals surface area (Å²) in [5.74, 6) is -1.60. The molecule has 9 heteroatoms. The number of urea groups is 1.